The molecule has 1 aromatic rings. The van der Waals surface area contributed by atoms with Crippen molar-refractivity contribution in [2.24, 2.45) is 5.92 Å². The van der Waals surface area contributed by atoms with Gasteiger partial charge in [-0.2, -0.15) is 0 Å². The lowest BCUT2D eigenvalue weighted by Gasteiger charge is -2.25. The molecular formula is C15H21BrN2O. The van der Waals surface area contributed by atoms with Gasteiger partial charge in [0.05, 0.1) is 11.3 Å². The van der Waals surface area contributed by atoms with E-state index < -0.39 is 0 Å². The summed E-state index contributed by atoms with van der Waals surface area (Å²) >= 11 is 3.65. The van der Waals surface area contributed by atoms with Crippen molar-refractivity contribution in [2.75, 3.05) is 6.54 Å². The molecule has 0 radical (unpaired) electrons. The number of aromatic nitrogens is 1. The number of hydrogen-bond donors (Lipinski definition) is 1. The molecule has 0 saturated heterocycles. The van der Waals surface area contributed by atoms with E-state index in [1.54, 1.807) is 0 Å². The zero-order valence-electron chi connectivity index (χ0n) is 11.6. The van der Waals surface area contributed by atoms with Crippen LogP contribution in [0.4, 0.5) is 0 Å². The van der Waals surface area contributed by atoms with Crippen LogP contribution in [0.2, 0.25) is 0 Å². The summed E-state index contributed by atoms with van der Waals surface area (Å²) < 4.78 is 0. The molecule has 1 aromatic heterocycles. The first kappa shape index (κ1) is 14.5. The van der Waals surface area contributed by atoms with Gasteiger partial charge in [-0.3, -0.25) is 9.78 Å². The van der Waals surface area contributed by atoms with Crippen molar-refractivity contribution < 1.29 is 4.79 Å². The van der Waals surface area contributed by atoms with E-state index in [-0.39, 0.29) is 5.91 Å². The third kappa shape index (κ3) is 4.03. The van der Waals surface area contributed by atoms with Gasteiger partial charge < -0.3 is 5.32 Å². The molecule has 0 spiro atoms. The predicted octanol–water partition coefficient (Wildman–Crippen LogP) is 3.38. The first-order valence-corrected chi connectivity index (χ1v) is 7.84. The maximum absolute atomic E-state index is 12.1. The van der Waals surface area contributed by atoms with E-state index in [9.17, 15) is 4.79 Å². The van der Waals surface area contributed by atoms with E-state index in [0.29, 0.717) is 16.3 Å². The fourth-order valence-corrected chi connectivity index (χ4v) is 3.11. The molecule has 0 atom stereocenters. The maximum atomic E-state index is 12.1. The van der Waals surface area contributed by atoms with Gasteiger partial charge in [-0.05, 0) is 57.6 Å². The van der Waals surface area contributed by atoms with Crippen LogP contribution in [-0.4, -0.2) is 22.3 Å². The first-order chi connectivity index (χ1) is 9.06. The molecule has 1 aliphatic carbocycles. The maximum Gasteiger partial charge on any atom is 0.253 e. The Balaban J connectivity index is 1.87. The number of amides is 1. The van der Waals surface area contributed by atoms with Gasteiger partial charge in [0.15, 0.2) is 0 Å². The van der Waals surface area contributed by atoms with Crippen LogP contribution in [-0.2, 0) is 0 Å². The molecule has 104 valence electrons. The first-order valence-electron chi connectivity index (χ1n) is 6.93. The minimum Gasteiger partial charge on any atom is -0.352 e. The highest BCUT2D eigenvalue weighted by atomic mass is 79.9. The van der Waals surface area contributed by atoms with E-state index >= 15 is 0 Å². The summed E-state index contributed by atoms with van der Waals surface area (Å²) in [6.45, 7) is 4.61. The van der Waals surface area contributed by atoms with E-state index in [1.165, 1.54) is 25.7 Å². The van der Waals surface area contributed by atoms with Crippen LogP contribution in [0.3, 0.4) is 0 Å². The van der Waals surface area contributed by atoms with Gasteiger partial charge in [-0.25, -0.2) is 0 Å². The molecule has 3 nitrogen and oxygen atoms in total. The molecule has 0 bridgehead atoms. The average molecular weight is 325 g/mol. The highest BCUT2D eigenvalue weighted by Crippen LogP contribution is 2.28. The molecule has 2 rings (SSSR count). The zero-order valence-corrected chi connectivity index (χ0v) is 13.2. The van der Waals surface area contributed by atoms with E-state index in [1.807, 2.05) is 26.0 Å². The van der Waals surface area contributed by atoms with Crippen molar-refractivity contribution in [3.63, 3.8) is 0 Å². The second kappa shape index (κ2) is 6.51. The molecule has 1 saturated carbocycles. The Morgan fingerprint density at radius 3 is 2.63 bits per heavy atom. The number of aryl methyl sites for hydroxylation is 2. The molecular weight excluding hydrogens is 304 g/mol. The highest BCUT2D eigenvalue weighted by molar-refractivity contribution is 9.09. The fourth-order valence-electron chi connectivity index (χ4n) is 2.58. The van der Waals surface area contributed by atoms with Crippen molar-refractivity contribution >= 4 is 21.8 Å². The smallest absolute Gasteiger partial charge is 0.253 e. The van der Waals surface area contributed by atoms with E-state index in [4.69, 9.17) is 0 Å². The monoisotopic (exact) mass is 324 g/mol. The number of nitrogens with zero attached hydrogens (tertiary/aromatic N) is 1. The molecule has 1 amide bonds. The topological polar surface area (TPSA) is 42.0 Å². The molecule has 4 heteroatoms. The Kier molecular flexibility index (Phi) is 4.97. The summed E-state index contributed by atoms with van der Waals surface area (Å²) in [6, 6.07) is 3.75. The van der Waals surface area contributed by atoms with Crippen LogP contribution in [0, 0.1) is 19.8 Å². The molecule has 0 aromatic carbocycles. The van der Waals surface area contributed by atoms with Crippen LogP contribution >= 0.6 is 15.9 Å². The van der Waals surface area contributed by atoms with Crippen molar-refractivity contribution in [3.05, 3.63) is 29.1 Å². The Bertz CT molecular complexity index is 453. The number of carbonyl (C=O) groups excluding carboxylic acids is 1. The summed E-state index contributed by atoms with van der Waals surface area (Å²) in [7, 11) is 0. The highest BCUT2D eigenvalue weighted by Gasteiger charge is 2.20. The summed E-state index contributed by atoms with van der Waals surface area (Å²) in [5, 5.41) is 3.05. The van der Waals surface area contributed by atoms with Crippen LogP contribution in [0.25, 0.3) is 0 Å². The Morgan fingerprint density at radius 2 is 2.00 bits per heavy atom. The predicted molar refractivity (Wildman–Crippen MR) is 80.7 cm³/mol. The normalized spacial score (nSPS) is 23.1. The molecule has 1 aliphatic rings. The summed E-state index contributed by atoms with van der Waals surface area (Å²) in [6.07, 6.45) is 4.82. The van der Waals surface area contributed by atoms with Crippen LogP contribution in [0.5, 0.6) is 0 Å². The number of nitrogens with one attached hydrogen (secondary N) is 1. The molecule has 1 N–H and O–H groups in total. The Labute approximate surface area is 123 Å². The minimum absolute atomic E-state index is 0.00552. The summed E-state index contributed by atoms with van der Waals surface area (Å²) in [4.78, 5) is 17.1. The van der Waals surface area contributed by atoms with Gasteiger partial charge in [0.1, 0.15) is 0 Å². The van der Waals surface area contributed by atoms with Crippen LogP contribution in [0.15, 0.2) is 12.1 Å². The SMILES string of the molecule is Cc1ccc(C(=O)NCC2CCC(Br)CC2)c(C)n1. The average Bonchev–Trinajstić information content (AvgIpc) is 2.37. The Hall–Kier alpha value is -0.900. The van der Waals surface area contributed by atoms with E-state index in [0.717, 1.165) is 17.9 Å². The lowest BCUT2D eigenvalue weighted by atomic mass is 9.89. The molecule has 0 aliphatic heterocycles. The fraction of sp³-hybridized carbons (Fsp3) is 0.600. The lowest BCUT2D eigenvalue weighted by molar-refractivity contribution is 0.0943. The quantitative estimate of drug-likeness (QED) is 0.866. The molecule has 19 heavy (non-hydrogen) atoms. The van der Waals surface area contributed by atoms with Gasteiger partial charge in [0, 0.05) is 17.1 Å². The largest absolute Gasteiger partial charge is 0.352 e. The zero-order chi connectivity index (χ0) is 13.8. The number of halogens is 1. The van der Waals surface area contributed by atoms with Crippen molar-refractivity contribution in [1.29, 1.82) is 0 Å². The molecule has 1 heterocycles. The number of carbonyl (C=O) groups is 1. The minimum atomic E-state index is 0.00552. The summed E-state index contributed by atoms with van der Waals surface area (Å²) in [5.74, 6) is 0.627. The number of alkyl halides is 1. The summed E-state index contributed by atoms with van der Waals surface area (Å²) in [5.41, 5.74) is 2.45. The van der Waals surface area contributed by atoms with Gasteiger partial charge in [0.25, 0.3) is 5.91 Å². The number of hydrogen-bond acceptors (Lipinski definition) is 2. The third-order valence-corrected chi connectivity index (χ3v) is 4.71. The lowest BCUT2D eigenvalue weighted by Crippen LogP contribution is -2.31. The van der Waals surface area contributed by atoms with Gasteiger partial charge >= 0.3 is 0 Å². The second-order valence-electron chi connectivity index (χ2n) is 5.41. The molecule has 0 unspecified atom stereocenters. The van der Waals surface area contributed by atoms with E-state index in [2.05, 4.69) is 26.2 Å². The second-order valence-corrected chi connectivity index (χ2v) is 6.71. The standard InChI is InChI=1S/C15H21BrN2O/c1-10-3-8-14(11(2)18-10)15(19)17-9-12-4-6-13(16)7-5-12/h3,8,12-13H,4-7,9H2,1-2H3,(H,17,19). The number of rotatable bonds is 3. The van der Waals surface area contributed by atoms with Gasteiger partial charge in [-0.1, -0.05) is 15.9 Å². The Morgan fingerprint density at radius 1 is 1.32 bits per heavy atom. The number of pyridine rings is 1. The third-order valence-electron chi connectivity index (χ3n) is 3.80. The van der Waals surface area contributed by atoms with Crippen LogP contribution < -0.4 is 5.32 Å². The van der Waals surface area contributed by atoms with Gasteiger partial charge in [-0.15, -0.1) is 0 Å². The molecule has 1 fully saturated rings. The van der Waals surface area contributed by atoms with Crippen LogP contribution in [0.1, 0.15) is 47.4 Å². The van der Waals surface area contributed by atoms with Crippen molar-refractivity contribution in [1.82, 2.24) is 10.3 Å². The van der Waals surface area contributed by atoms with Crippen molar-refractivity contribution in [2.45, 2.75) is 44.4 Å². The van der Waals surface area contributed by atoms with Crippen molar-refractivity contribution in [3.8, 4) is 0 Å². The van der Waals surface area contributed by atoms with Gasteiger partial charge in [0.2, 0.25) is 0 Å².